The molecule has 7 nitrogen and oxygen atoms in total. The molecule has 0 saturated heterocycles. The van der Waals surface area contributed by atoms with Gasteiger partial charge in [-0.2, -0.15) is 5.10 Å². The molecular weight excluding hydrogens is 435 g/mol. The number of hydrogen-bond donors (Lipinski definition) is 1. The molecule has 1 N–H and O–H groups in total. The molecule has 1 heterocycles. The summed E-state index contributed by atoms with van der Waals surface area (Å²) in [5, 5.41) is 5.38. The van der Waals surface area contributed by atoms with Crippen LogP contribution in [-0.2, 0) is 10.0 Å². The fraction of sp³-hybridized carbons (Fsp3) is 0.300. The maximum absolute atomic E-state index is 12.9. The maximum Gasteiger partial charge on any atom is 0.573 e. The maximum atomic E-state index is 12.9. The number of nitrogens with one attached hydrogen (secondary N) is 1. The number of rotatable bonds is 5. The number of benzene rings is 2. The van der Waals surface area contributed by atoms with E-state index in [2.05, 4.69) is 9.84 Å². The second-order valence-electron chi connectivity index (χ2n) is 7.25. The number of nitrogens with zero attached hydrogens (tertiary/aromatic N) is 2. The highest BCUT2D eigenvalue weighted by atomic mass is 32.2. The zero-order chi connectivity index (χ0) is 22.2. The topological polar surface area (TPSA) is 88.1 Å². The molecule has 164 valence electrons. The van der Waals surface area contributed by atoms with Crippen LogP contribution < -0.4 is 9.46 Å². The van der Waals surface area contributed by atoms with E-state index in [9.17, 15) is 26.4 Å². The molecule has 11 heteroatoms. The van der Waals surface area contributed by atoms with Gasteiger partial charge in [-0.25, -0.2) is 22.9 Å². The van der Waals surface area contributed by atoms with Crippen LogP contribution in [0.4, 0.5) is 18.0 Å². The first-order valence-corrected chi connectivity index (χ1v) is 11.0. The highest BCUT2D eigenvalue weighted by molar-refractivity contribution is 7.90. The Bertz CT molecular complexity index is 1120. The van der Waals surface area contributed by atoms with Crippen LogP contribution in [0.15, 0.2) is 64.6 Å². The van der Waals surface area contributed by atoms with Gasteiger partial charge in [0.1, 0.15) is 10.6 Å². The van der Waals surface area contributed by atoms with Crippen molar-refractivity contribution in [3.05, 3.63) is 60.2 Å². The summed E-state index contributed by atoms with van der Waals surface area (Å²) in [7, 11) is -4.66. The SMILES string of the molecule is O=C(NS(=O)(=O)c1ccccc1OC(F)(F)F)N1N=C(C2CC2)CC1c1ccccc1. The quantitative estimate of drug-likeness (QED) is 0.735. The van der Waals surface area contributed by atoms with E-state index in [4.69, 9.17) is 0 Å². The van der Waals surface area contributed by atoms with Gasteiger partial charge in [-0.1, -0.05) is 42.5 Å². The molecule has 2 aromatic carbocycles. The minimum atomic E-state index is -5.09. The van der Waals surface area contributed by atoms with E-state index in [0.717, 1.165) is 41.3 Å². The summed E-state index contributed by atoms with van der Waals surface area (Å²) < 4.78 is 69.0. The lowest BCUT2D eigenvalue weighted by Crippen LogP contribution is -2.40. The second kappa shape index (κ2) is 7.88. The van der Waals surface area contributed by atoms with E-state index >= 15 is 0 Å². The van der Waals surface area contributed by atoms with Crippen LogP contribution in [-0.4, -0.2) is 31.5 Å². The number of halogens is 3. The van der Waals surface area contributed by atoms with Crippen LogP contribution in [0.3, 0.4) is 0 Å². The first kappa shape index (κ1) is 21.2. The zero-order valence-electron chi connectivity index (χ0n) is 16.0. The Morgan fingerprint density at radius 2 is 1.71 bits per heavy atom. The number of ether oxygens (including phenoxy) is 1. The Hall–Kier alpha value is -3.08. The highest BCUT2D eigenvalue weighted by Gasteiger charge is 2.40. The summed E-state index contributed by atoms with van der Waals surface area (Å²) >= 11 is 0. The van der Waals surface area contributed by atoms with Gasteiger partial charge < -0.3 is 4.74 Å². The fourth-order valence-corrected chi connectivity index (χ4v) is 4.48. The summed E-state index contributed by atoms with van der Waals surface area (Å²) in [6, 6.07) is 11.7. The van der Waals surface area contributed by atoms with Crippen LogP contribution >= 0.6 is 0 Å². The number of alkyl halides is 3. The predicted octanol–water partition coefficient (Wildman–Crippen LogP) is 4.20. The summed E-state index contributed by atoms with van der Waals surface area (Å²) in [6.45, 7) is 0. The number of para-hydroxylation sites is 1. The summed E-state index contributed by atoms with van der Waals surface area (Å²) in [4.78, 5) is 12.1. The Morgan fingerprint density at radius 1 is 1.06 bits per heavy atom. The molecule has 0 bridgehead atoms. The van der Waals surface area contributed by atoms with Crippen molar-refractivity contribution in [2.45, 2.75) is 36.6 Å². The standard InChI is InChI=1S/C20H18F3N3O4S/c21-20(22,23)30-17-8-4-5-9-18(17)31(28,29)25-19(27)26-16(14-6-2-1-3-7-14)12-15(24-26)13-10-11-13/h1-9,13,16H,10-12H2,(H,25,27). The van der Waals surface area contributed by atoms with Gasteiger partial charge in [-0.3, -0.25) is 0 Å². The fourth-order valence-electron chi connectivity index (χ4n) is 3.42. The molecule has 1 fully saturated rings. The molecule has 1 atom stereocenters. The summed E-state index contributed by atoms with van der Waals surface area (Å²) in [6.07, 6.45) is -2.71. The molecule has 4 rings (SSSR count). The number of hydrogen-bond acceptors (Lipinski definition) is 5. The van der Waals surface area contributed by atoms with Gasteiger partial charge in [-0.05, 0) is 36.5 Å². The number of hydrazone groups is 1. The average molecular weight is 453 g/mol. The molecule has 31 heavy (non-hydrogen) atoms. The second-order valence-corrected chi connectivity index (χ2v) is 8.90. The Kier molecular flexibility index (Phi) is 5.38. The molecule has 2 amide bonds. The van der Waals surface area contributed by atoms with Gasteiger partial charge in [0.05, 0.1) is 6.04 Å². The lowest BCUT2D eigenvalue weighted by Gasteiger charge is -2.22. The lowest BCUT2D eigenvalue weighted by molar-refractivity contribution is -0.275. The van der Waals surface area contributed by atoms with Gasteiger partial charge in [0.2, 0.25) is 0 Å². The smallest absolute Gasteiger partial charge is 0.404 e. The number of sulfonamides is 1. The summed E-state index contributed by atoms with van der Waals surface area (Å²) in [5.74, 6) is -0.667. The van der Waals surface area contributed by atoms with Gasteiger partial charge in [0.25, 0.3) is 10.0 Å². The number of carbonyl (C=O) groups is 1. The van der Waals surface area contributed by atoms with Crippen molar-refractivity contribution >= 4 is 21.8 Å². The van der Waals surface area contributed by atoms with Crippen LogP contribution in [0.5, 0.6) is 5.75 Å². The molecule has 2 aromatic rings. The third-order valence-corrected chi connectivity index (χ3v) is 6.32. The molecule has 1 aliphatic carbocycles. The first-order valence-electron chi connectivity index (χ1n) is 9.47. The summed E-state index contributed by atoms with van der Waals surface area (Å²) in [5.41, 5.74) is 1.58. The predicted molar refractivity (Wildman–Crippen MR) is 105 cm³/mol. The molecule has 1 unspecified atom stereocenters. The molecule has 0 radical (unpaired) electrons. The number of urea groups is 1. The molecule has 2 aliphatic rings. The minimum absolute atomic E-state index is 0.265. The average Bonchev–Trinajstić information content (AvgIpc) is 3.45. The number of carbonyl (C=O) groups excluding carboxylic acids is 1. The molecule has 0 aromatic heterocycles. The van der Waals surface area contributed by atoms with E-state index in [1.165, 1.54) is 12.1 Å². The van der Waals surface area contributed by atoms with E-state index in [0.29, 0.717) is 6.42 Å². The minimum Gasteiger partial charge on any atom is -0.404 e. The Morgan fingerprint density at radius 3 is 2.35 bits per heavy atom. The van der Waals surface area contributed by atoms with E-state index in [1.54, 1.807) is 24.3 Å². The van der Waals surface area contributed by atoms with Gasteiger partial charge >= 0.3 is 12.4 Å². The Balaban J connectivity index is 1.60. The molecule has 0 spiro atoms. The van der Waals surface area contributed by atoms with Crippen LogP contribution in [0.2, 0.25) is 0 Å². The van der Waals surface area contributed by atoms with Crippen molar-refractivity contribution in [3.63, 3.8) is 0 Å². The highest BCUT2D eigenvalue weighted by Crippen LogP contribution is 2.40. The van der Waals surface area contributed by atoms with Crippen LogP contribution in [0.1, 0.15) is 30.9 Å². The lowest BCUT2D eigenvalue weighted by atomic mass is 10.0. The van der Waals surface area contributed by atoms with Crippen molar-refractivity contribution in [3.8, 4) is 5.75 Å². The van der Waals surface area contributed by atoms with Crippen molar-refractivity contribution in [1.29, 1.82) is 0 Å². The van der Waals surface area contributed by atoms with Gasteiger partial charge in [0, 0.05) is 12.1 Å². The normalized spacial score (nSPS) is 19.1. The third-order valence-electron chi connectivity index (χ3n) is 4.96. The Labute approximate surface area is 176 Å². The van der Waals surface area contributed by atoms with E-state index < -0.39 is 39.1 Å². The van der Waals surface area contributed by atoms with Crippen molar-refractivity contribution in [1.82, 2.24) is 9.73 Å². The molecular formula is C20H18F3N3O4S. The van der Waals surface area contributed by atoms with E-state index in [-0.39, 0.29) is 5.92 Å². The third kappa shape index (κ3) is 4.82. The van der Waals surface area contributed by atoms with Crippen molar-refractivity contribution < 1.29 is 31.1 Å². The monoisotopic (exact) mass is 453 g/mol. The largest absolute Gasteiger partial charge is 0.573 e. The first-order chi connectivity index (χ1) is 14.6. The van der Waals surface area contributed by atoms with Crippen LogP contribution in [0, 0.1) is 5.92 Å². The van der Waals surface area contributed by atoms with Gasteiger partial charge in [-0.15, -0.1) is 13.2 Å². The van der Waals surface area contributed by atoms with E-state index in [1.807, 2.05) is 10.8 Å². The molecule has 1 saturated carbocycles. The van der Waals surface area contributed by atoms with Crippen molar-refractivity contribution in [2.75, 3.05) is 0 Å². The molecule has 1 aliphatic heterocycles. The van der Waals surface area contributed by atoms with Gasteiger partial charge in [0.15, 0.2) is 0 Å². The zero-order valence-corrected chi connectivity index (χ0v) is 16.9. The van der Waals surface area contributed by atoms with Crippen LogP contribution in [0.25, 0.3) is 0 Å². The number of amides is 2. The van der Waals surface area contributed by atoms with Crippen molar-refractivity contribution in [2.24, 2.45) is 11.0 Å².